The molecule has 4 aromatic rings. The molecule has 55 heavy (non-hydrogen) atoms. The number of fused-ring (bicyclic) bond motifs is 5. The number of phosphoric acid groups is 2. The maximum absolute atomic E-state index is 16.5. The Bertz CT molecular complexity index is 2300. The molecule has 26 nitrogen and oxygen atoms in total. The van der Waals surface area contributed by atoms with Crippen LogP contribution in [0.2, 0.25) is 0 Å². The van der Waals surface area contributed by atoms with Crippen molar-refractivity contribution >= 4 is 56.0 Å². The minimum absolute atomic E-state index is 0.162. The highest BCUT2D eigenvalue weighted by atomic mass is 31.2. The number of imidazole rings is 2. The highest BCUT2D eigenvalue weighted by molar-refractivity contribution is 7.48. The first-order chi connectivity index (χ1) is 26.1. The van der Waals surface area contributed by atoms with E-state index in [1.54, 1.807) is 0 Å². The molecule has 10 atom stereocenters. The van der Waals surface area contributed by atoms with Crippen LogP contribution in [0.5, 0.6) is 0 Å². The van der Waals surface area contributed by atoms with Crippen LogP contribution in [0.3, 0.4) is 0 Å². The predicted molar refractivity (Wildman–Crippen MR) is 176 cm³/mol. The standard InChI is InChI=1S/C26H33FN10O16P2/c1-9(2)49-26(41)45-8-48-55(43)47-5-11-16(12(27)22(51-11)36-6-30-13-18(36)32-24(28)34-20(13)39)52-54(42,44-3)46-4-10-15(38)17(53-55)23(50-10)37-7-31-14-19(37)33-25(29)35-21(14)40/h6-7,9-12,15-17,22-23,38H,4-5,8H2,1-3H3,(H3,28,32,34,39)(H3,29,33,35,40)/t10-,11-,12+,15?,16?,17+,22-,23-,54?,55?/m1/s1. The number of H-pyrrole nitrogens is 2. The van der Waals surface area contributed by atoms with E-state index in [0.717, 1.165) is 28.9 Å². The van der Waals surface area contributed by atoms with Gasteiger partial charge < -0.3 is 35.5 Å². The highest BCUT2D eigenvalue weighted by Crippen LogP contribution is 2.57. The van der Waals surface area contributed by atoms with Crippen molar-refractivity contribution < 1.29 is 69.5 Å². The highest BCUT2D eigenvalue weighted by Gasteiger charge is 2.55. The number of halogens is 1. The minimum atomic E-state index is -5.12. The number of nitrogens with one attached hydrogen (secondary N) is 2. The molecule has 300 valence electrons. The first-order valence-electron chi connectivity index (χ1n) is 16.1. The van der Waals surface area contributed by atoms with E-state index in [9.17, 15) is 28.6 Å². The number of phosphoric ester groups is 2. The Hall–Kier alpha value is -4.40. The van der Waals surface area contributed by atoms with Crippen molar-refractivity contribution in [3.05, 3.63) is 33.4 Å². The van der Waals surface area contributed by atoms with Crippen molar-refractivity contribution in [2.45, 2.75) is 69.1 Å². The zero-order valence-corrected chi connectivity index (χ0v) is 30.4. The second-order valence-corrected chi connectivity index (χ2v) is 15.6. The van der Waals surface area contributed by atoms with E-state index in [1.807, 2.05) is 0 Å². The zero-order valence-electron chi connectivity index (χ0n) is 28.7. The van der Waals surface area contributed by atoms with Crippen molar-refractivity contribution in [1.29, 1.82) is 0 Å². The second kappa shape index (κ2) is 14.9. The fraction of sp³-hybridized carbons (Fsp3) is 0.577. The number of carbonyl (C=O) groups excluding carboxylic acids is 1. The van der Waals surface area contributed by atoms with Gasteiger partial charge in [-0.2, -0.15) is 9.97 Å². The molecular weight excluding hydrogens is 789 g/mol. The Morgan fingerprint density at radius 1 is 0.945 bits per heavy atom. The molecule has 4 unspecified atom stereocenters. The molecule has 0 spiro atoms. The van der Waals surface area contributed by atoms with Crippen molar-refractivity contribution in [1.82, 2.24) is 39.0 Å². The number of carbonyl (C=O) groups is 1. The van der Waals surface area contributed by atoms with Crippen LogP contribution in [-0.2, 0) is 55.2 Å². The van der Waals surface area contributed by atoms with E-state index in [-0.39, 0.29) is 34.2 Å². The van der Waals surface area contributed by atoms with Gasteiger partial charge in [-0.05, 0) is 13.8 Å². The van der Waals surface area contributed by atoms with E-state index in [4.69, 9.17) is 57.6 Å². The van der Waals surface area contributed by atoms with Crippen molar-refractivity contribution in [2.24, 2.45) is 0 Å². The molecule has 2 bridgehead atoms. The van der Waals surface area contributed by atoms with Gasteiger partial charge in [0.1, 0.15) is 30.5 Å². The number of anilines is 2. The summed E-state index contributed by atoms with van der Waals surface area (Å²) in [6.07, 6.45) is -13.9. The second-order valence-electron chi connectivity index (χ2n) is 12.2. The van der Waals surface area contributed by atoms with E-state index in [0.29, 0.717) is 0 Å². The Balaban J connectivity index is 1.25. The Morgan fingerprint density at radius 3 is 2.09 bits per heavy atom. The molecule has 3 aliphatic rings. The molecule has 3 saturated heterocycles. The van der Waals surface area contributed by atoms with Crippen LogP contribution >= 0.6 is 15.6 Å². The number of aliphatic hydroxyl groups is 1. The number of hydrogen-bond donors (Lipinski definition) is 5. The Labute approximate surface area is 305 Å². The molecule has 0 amide bonds. The smallest absolute Gasteiger partial charge is 0.432 e. The minimum Gasteiger partial charge on any atom is -0.432 e. The summed E-state index contributed by atoms with van der Waals surface area (Å²) in [5.41, 5.74) is 9.17. The van der Waals surface area contributed by atoms with Crippen molar-refractivity contribution in [2.75, 3.05) is 38.6 Å². The number of aliphatic hydroxyl groups excluding tert-OH is 1. The summed E-state index contributed by atoms with van der Waals surface area (Å²) in [4.78, 5) is 57.6. The maximum Gasteiger partial charge on any atom is 0.510 e. The van der Waals surface area contributed by atoms with Crippen molar-refractivity contribution in [3.63, 3.8) is 0 Å². The van der Waals surface area contributed by atoms with Crippen LogP contribution in [0.25, 0.3) is 22.3 Å². The Kier molecular flexibility index (Phi) is 10.5. The number of rotatable bonds is 7. The molecule has 29 heteroatoms. The summed E-state index contributed by atoms with van der Waals surface area (Å²) in [5.74, 6) is -0.641. The molecule has 4 aromatic heterocycles. The number of ether oxygens (including phenoxy) is 4. The lowest BCUT2D eigenvalue weighted by molar-refractivity contribution is -0.0775. The first kappa shape index (κ1) is 38.9. The SMILES string of the molecule is COP1(=O)OC[C@H]2O[C@@H](n3cnc4c(=O)[nH]c(N)nc43)[C@@H](OP(=O)(OCOC(=O)OC(C)C)OC[C@H]3O[C@@H](n4cnc5c(=O)[nH]c(N)nc54)[C@@H](F)C3O1)C2O. The Morgan fingerprint density at radius 2 is 1.49 bits per heavy atom. The zero-order chi connectivity index (χ0) is 39.4. The summed E-state index contributed by atoms with van der Waals surface area (Å²) in [6.45, 7) is 0.229. The fourth-order valence-electron chi connectivity index (χ4n) is 5.85. The number of nitrogens with two attached hydrogens (primary N) is 2. The molecule has 0 saturated carbocycles. The first-order valence-corrected chi connectivity index (χ1v) is 19.0. The molecule has 7 N–H and O–H groups in total. The monoisotopic (exact) mass is 822 g/mol. The number of nitrogen functional groups attached to an aromatic ring is 2. The lowest BCUT2D eigenvalue weighted by atomic mass is 10.1. The molecule has 0 radical (unpaired) electrons. The number of aromatic nitrogens is 8. The maximum atomic E-state index is 16.5. The molecule has 0 aromatic carbocycles. The third-order valence-electron chi connectivity index (χ3n) is 8.27. The van der Waals surface area contributed by atoms with Gasteiger partial charge in [0.25, 0.3) is 11.1 Å². The summed E-state index contributed by atoms with van der Waals surface area (Å²) >= 11 is 0. The third-order valence-corrected chi connectivity index (χ3v) is 11.1. The molecule has 7 heterocycles. The van der Waals surface area contributed by atoms with E-state index in [1.165, 1.54) is 13.8 Å². The van der Waals surface area contributed by atoms with Gasteiger partial charge in [-0.3, -0.25) is 51.3 Å². The predicted octanol–water partition coefficient (Wildman–Crippen LogP) is 0.127. The quantitative estimate of drug-likeness (QED) is 0.0939. The van der Waals surface area contributed by atoms with Crippen molar-refractivity contribution in [3.8, 4) is 0 Å². The molecule has 7 rings (SSSR count). The van der Waals surface area contributed by atoms with Crippen LogP contribution < -0.4 is 22.6 Å². The van der Waals surface area contributed by atoms with Gasteiger partial charge in [-0.15, -0.1) is 0 Å². The summed E-state index contributed by atoms with van der Waals surface area (Å²) in [6, 6.07) is 0. The topological polar surface area (TPSA) is 343 Å². The van der Waals surface area contributed by atoms with Gasteiger partial charge in [-0.25, -0.2) is 32.8 Å². The molecular formula is C26H33FN10O16P2. The number of nitrogens with zero attached hydrogens (tertiary/aromatic N) is 6. The van der Waals surface area contributed by atoms with Gasteiger partial charge in [0, 0.05) is 7.11 Å². The summed E-state index contributed by atoms with van der Waals surface area (Å²) in [7, 11) is -8.97. The van der Waals surface area contributed by atoms with Gasteiger partial charge in [-0.1, -0.05) is 0 Å². The average Bonchev–Trinajstić information content (AvgIpc) is 3.87. The van der Waals surface area contributed by atoms with Gasteiger partial charge in [0.15, 0.2) is 41.0 Å². The molecule has 3 aliphatic heterocycles. The largest absolute Gasteiger partial charge is 0.510 e. The van der Waals surface area contributed by atoms with Crippen LogP contribution in [0.4, 0.5) is 21.1 Å². The van der Waals surface area contributed by atoms with Gasteiger partial charge >= 0.3 is 21.8 Å². The lowest BCUT2D eigenvalue weighted by Gasteiger charge is -2.27. The summed E-state index contributed by atoms with van der Waals surface area (Å²) in [5, 5.41) is 11.5. The van der Waals surface area contributed by atoms with Crippen LogP contribution in [0.15, 0.2) is 22.2 Å². The summed E-state index contributed by atoms with van der Waals surface area (Å²) < 4.78 is 101. The van der Waals surface area contributed by atoms with Gasteiger partial charge in [0.2, 0.25) is 18.7 Å². The number of alkyl halides is 1. The number of aromatic amines is 2. The molecule has 0 aliphatic carbocycles. The van der Waals surface area contributed by atoms with Crippen LogP contribution in [-0.4, -0.2) is 120 Å². The van der Waals surface area contributed by atoms with Crippen LogP contribution in [0.1, 0.15) is 26.3 Å². The van der Waals surface area contributed by atoms with Gasteiger partial charge in [0.05, 0.1) is 32.0 Å². The normalized spacial score (nSPS) is 32.9. The number of hydrogen-bond acceptors (Lipinski definition) is 22. The third kappa shape index (κ3) is 7.60. The van der Waals surface area contributed by atoms with E-state index >= 15 is 4.39 Å². The fourth-order valence-corrected chi connectivity index (χ4v) is 8.21. The average molecular weight is 823 g/mol. The van der Waals surface area contributed by atoms with E-state index < -0.39 is 108 Å². The lowest BCUT2D eigenvalue weighted by Crippen LogP contribution is -2.35. The van der Waals surface area contributed by atoms with E-state index in [2.05, 4.69) is 29.9 Å². The van der Waals surface area contributed by atoms with Crippen LogP contribution in [0, 0.1) is 0 Å². The molecule has 3 fully saturated rings.